The topological polar surface area (TPSA) is 61.8 Å². The van der Waals surface area contributed by atoms with Crippen LogP contribution < -0.4 is 5.32 Å². The molecule has 5 nitrogen and oxygen atoms in total. The van der Waals surface area contributed by atoms with E-state index >= 15 is 0 Å². The summed E-state index contributed by atoms with van der Waals surface area (Å²) in [7, 11) is 1.44. The third-order valence-corrected chi connectivity index (χ3v) is 5.94. The summed E-state index contributed by atoms with van der Waals surface area (Å²) in [5, 5.41) is 1.96. The Kier molecular flexibility index (Phi) is 6.64. The molecule has 1 heterocycles. The average Bonchev–Trinajstić information content (AvgIpc) is 2.65. The van der Waals surface area contributed by atoms with Crippen LogP contribution in [0.3, 0.4) is 0 Å². The number of anilines is 1. The molecule has 0 aliphatic carbocycles. The molecule has 1 aliphatic rings. The molecule has 1 saturated heterocycles. The first kappa shape index (κ1) is 22.5. The van der Waals surface area contributed by atoms with Crippen LogP contribution >= 0.6 is 35.0 Å². The molecule has 3 rings (SSSR count). The van der Waals surface area contributed by atoms with Crippen LogP contribution in [0.1, 0.15) is 12.0 Å². The summed E-state index contributed by atoms with van der Waals surface area (Å²) in [5.41, 5.74) is -0.605. The molecule has 2 aromatic carbocycles. The van der Waals surface area contributed by atoms with E-state index in [1.165, 1.54) is 18.0 Å². The van der Waals surface area contributed by atoms with Gasteiger partial charge in [0.05, 0.1) is 16.3 Å². The highest BCUT2D eigenvalue weighted by Crippen LogP contribution is 2.37. The number of amides is 2. The zero-order valence-corrected chi connectivity index (χ0v) is 17.7. The minimum atomic E-state index is -4.64. The number of benzene rings is 2. The van der Waals surface area contributed by atoms with Gasteiger partial charge in [-0.1, -0.05) is 41.0 Å². The fourth-order valence-corrected chi connectivity index (χ4v) is 4.08. The number of halogens is 5. The maximum atomic E-state index is 13.1. The Morgan fingerprint density at radius 3 is 2.63 bits per heavy atom. The molecule has 30 heavy (non-hydrogen) atoms. The molecule has 0 radical (unpaired) electrons. The summed E-state index contributed by atoms with van der Waals surface area (Å²) < 4.78 is 39.3. The summed E-state index contributed by atoms with van der Waals surface area (Å²) in [6.07, 6.45) is -4.73. The summed E-state index contributed by atoms with van der Waals surface area (Å²) in [6.45, 7) is 0. The van der Waals surface area contributed by atoms with Crippen molar-refractivity contribution in [3.05, 3.63) is 58.1 Å². The van der Waals surface area contributed by atoms with Crippen molar-refractivity contribution in [3.63, 3.8) is 0 Å². The van der Waals surface area contributed by atoms with Crippen molar-refractivity contribution >= 4 is 63.3 Å². The molecule has 1 N–H and O–H groups in total. The highest BCUT2D eigenvalue weighted by molar-refractivity contribution is 8.15. The first-order chi connectivity index (χ1) is 14.0. The van der Waals surface area contributed by atoms with Crippen LogP contribution in [0.4, 0.5) is 24.5 Å². The molecule has 11 heteroatoms. The van der Waals surface area contributed by atoms with E-state index in [0.717, 1.165) is 23.9 Å². The first-order valence-corrected chi connectivity index (χ1v) is 10.1. The number of thioether (sulfide) groups is 1. The van der Waals surface area contributed by atoms with E-state index in [1.54, 1.807) is 24.3 Å². The minimum Gasteiger partial charge on any atom is -0.325 e. The maximum absolute atomic E-state index is 13.1. The Bertz CT molecular complexity index is 1030. The SMILES string of the molecule is CN1C(=O)CC(C(=O)Nc2cccc(Cl)c2)SC1=Nc1ccc(Cl)c(C(F)(F)F)c1. The van der Waals surface area contributed by atoms with Gasteiger partial charge in [0.1, 0.15) is 5.25 Å². The molecular formula is C19H14Cl2F3N3O2S. The van der Waals surface area contributed by atoms with Crippen LogP contribution in [0, 0.1) is 0 Å². The average molecular weight is 476 g/mol. The Hall–Kier alpha value is -2.23. The van der Waals surface area contributed by atoms with Crippen molar-refractivity contribution in [3.8, 4) is 0 Å². The second-order valence-electron chi connectivity index (χ2n) is 6.32. The van der Waals surface area contributed by atoms with Crippen LogP contribution in [-0.2, 0) is 15.8 Å². The van der Waals surface area contributed by atoms with Gasteiger partial charge in [0.2, 0.25) is 11.8 Å². The normalized spacial score (nSPS) is 18.6. The highest BCUT2D eigenvalue weighted by Gasteiger charge is 2.35. The fourth-order valence-electron chi connectivity index (χ4n) is 2.60. The molecule has 1 fully saturated rings. The van der Waals surface area contributed by atoms with E-state index in [2.05, 4.69) is 10.3 Å². The van der Waals surface area contributed by atoms with Gasteiger partial charge in [-0.2, -0.15) is 13.2 Å². The zero-order chi connectivity index (χ0) is 22.1. The predicted molar refractivity (Wildman–Crippen MR) is 112 cm³/mol. The number of carbonyl (C=O) groups excluding carboxylic acids is 2. The summed E-state index contributed by atoms with van der Waals surface area (Å²) >= 11 is 12.5. The van der Waals surface area contributed by atoms with Crippen molar-refractivity contribution in [2.75, 3.05) is 12.4 Å². The van der Waals surface area contributed by atoms with Crippen molar-refractivity contribution in [2.24, 2.45) is 4.99 Å². The van der Waals surface area contributed by atoms with Crippen LogP contribution in [0.25, 0.3) is 0 Å². The van der Waals surface area contributed by atoms with E-state index in [0.29, 0.717) is 10.7 Å². The lowest BCUT2D eigenvalue weighted by atomic mass is 10.2. The van der Waals surface area contributed by atoms with Crippen LogP contribution in [-0.4, -0.2) is 34.2 Å². The smallest absolute Gasteiger partial charge is 0.325 e. The number of nitrogens with zero attached hydrogens (tertiary/aromatic N) is 2. The molecule has 0 aromatic heterocycles. The van der Waals surface area contributed by atoms with Crippen molar-refractivity contribution < 1.29 is 22.8 Å². The molecule has 1 atom stereocenters. The first-order valence-electron chi connectivity index (χ1n) is 8.49. The lowest BCUT2D eigenvalue weighted by Crippen LogP contribution is -2.43. The highest BCUT2D eigenvalue weighted by atomic mass is 35.5. The number of amidine groups is 1. The summed E-state index contributed by atoms with van der Waals surface area (Å²) in [6, 6.07) is 9.70. The van der Waals surface area contributed by atoms with Gasteiger partial charge in [0, 0.05) is 24.2 Å². The fraction of sp³-hybridized carbons (Fsp3) is 0.211. The second kappa shape index (κ2) is 8.87. The lowest BCUT2D eigenvalue weighted by molar-refractivity contribution is -0.137. The Morgan fingerprint density at radius 1 is 1.23 bits per heavy atom. The predicted octanol–water partition coefficient (Wildman–Crippen LogP) is 5.60. The molecule has 2 amide bonds. The third-order valence-electron chi connectivity index (χ3n) is 4.13. The van der Waals surface area contributed by atoms with E-state index < -0.39 is 27.9 Å². The number of aliphatic imine (C=N–C) groups is 1. The molecule has 1 aliphatic heterocycles. The Morgan fingerprint density at radius 2 is 1.97 bits per heavy atom. The van der Waals surface area contributed by atoms with E-state index in [9.17, 15) is 22.8 Å². The van der Waals surface area contributed by atoms with Gasteiger partial charge in [-0.25, -0.2) is 4.99 Å². The number of carbonyl (C=O) groups is 2. The summed E-state index contributed by atoms with van der Waals surface area (Å²) in [5.74, 6) is -0.827. The zero-order valence-electron chi connectivity index (χ0n) is 15.3. The number of alkyl halides is 3. The monoisotopic (exact) mass is 475 g/mol. The molecule has 0 saturated carbocycles. The van der Waals surface area contributed by atoms with Crippen molar-refractivity contribution in [2.45, 2.75) is 17.8 Å². The van der Waals surface area contributed by atoms with Crippen LogP contribution in [0.2, 0.25) is 10.0 Å². The Balaban J connectivity index is 1.84. The lowest BCUT2D eigenvalue weighted by Gasteiger charge is -2.28. The standard InChI is InChI=1S/C19H14Cl2F3N3O2S/c1-27-16(28)9-15(17(29)25-11-4-2-3-10(20)7-11)30-18(27)26-12-5-6-14(21)13(8-12)19(22,23)24/h2-8,15H,9H2,1H3,(H,25,29). The van der Waals surface area contributed by atoms with Crippen molar-refractivity contribution in [1.29, 1.82) is 0 Å². The number of hydrogen-bond acceptors (Lipinski definition) is 4. The number of rotatable bonds is 3. The quantitative estimate of drug-likeness (QED) is 0.627. The Labute approximate surface area is 184 Å². The van der Waals surface area contributed by atoms with Crippen LogP contribution in [0.5, 0.6) is 0 Å². The van der Waals surface area contributed by atoms with Crippen LogP contribution in [0.15, 0.2) is 47.5 Å². The third kappa shape index (κ3) is 5.27. The van der Waals surface area contributed by atoms with Gasteiger partial charge in [-0.05, 0) is 36.4 Å². The van der Waals surface area contributed by atoms with E-state index in [4.69, 9.17) is 23.2 Å². The molecule has 2 aromatic rings. The molecule has 0 bridgehead atoms. The van der Waals surface area contributed by atoms with Crippen molar-refractivity contribution in [1.82, 2.24) is 4.90 Å². The maximum Gasteiger partial charge on any atom is 0.417 e. The van der Waals surface area contributed by atoms with Gasteiger partial charge in [0.25, 0.3) is 0 Å². The molecule has 1 unspecified atom stereocenters. The van der Waals surface area contributed by atoms with E-state index in [1.807, 2.05) is 0 Å². The van der Waals surface area contributed by atoms with Gasteiger partial charge in [-0.3, -0.25) is 14.5 Å². The van der Waals surface area contributed by atoms with Gasteiger partial charge < -0.3 is 5.32 Å². The van der Waals surface area contributed by atoms with Gasteiger partial charge >= 0.3 is 6.18 Å². The van der Waals surface area contributed by atoms with Gasteiger partial charge in [0.15, 0.2) is 5.17 Å². The minimum absolute atomic E-state index is 0.0372. The molecular weight excluding hydrogens is 462 g/mol. The van der Waals surface area contributed by atoms with Gasteiger partial charge in [-0.15, -0.1) is 0 Å². The largest absolute Gasteiger partial charge is 0.417 e. The number of nitrogens with one attached hydrogen (secondary N) is 1. The summed E-state index contributed by atoms with van der Waals surface area (Å²) in [4.78, 5) is 30.3. The van der Waals surface area contributed by atoms with E-state index in [-0.39, 0.29) is 23.2 Å². The molecule has 0 spiro atoms. The molecule has 158 valence electrons. The second-order valence-corrected chi connectivity index (χ2v) is 8.33. The number of hydrogen-bond donors (Lipinski definition) is 1.